The third-order valence-electron chi connectivity index (χ3n) is 3.79. The van der Waals surface area contributed by atoms with Gasteiger partial charge >= 0.3 is 0 Å². The zero-order chi connectivity index (χ0) is 9.80. The Morgan fingerprint density at radius 2 is 2.14 bits per heavy atom. The number of hydrogen-bond acceptors (Lipinski definition) is 2. The molecule has 0 bridgehead atoms. The lowest BCUT2D eigenvalue weighted by atomic mass is 10.1. The molecule has 0 aromatic rings. The molecule has 2 heteroatoms. The molecule has 1 N–H and O–H groups in total. The molecule has 82 valence electrons. The van der Waals surface area contributed by atoms with Crippen LogP contribution >= 0.6 is 0 Å². The van der Waals surface area contributed by atoms with Gasteiger partial charge in [-0.3, -0.25) is 4.90 Å². The molecule has 0 spiro atoms. The van der Waals surface area contributed by atoms with Gasteiger partial charge in [0.05, 0.1) is 0 Å². The summed E-state index contributed by atoms with van der Waals surface area (Å²) in [4.78, 5) is 2.68. The van der Waals surface area contributed by atoms with Crippen LogP contribution in [0.3, 0.4) is 0 Å². The largest absolute Gasteiger partial charge is 0.312 e. The molecule has 2 rings (SSSR count). The van der Waals surface area contributed by atoms with Crippen LogP contribution in [0.4, 0.5) is 0 Å². The van der Waals surface area contributed by atoms with Crippen molar-refractivity contribution >= 4 is 0 Å². The van der Waals surface area contributed by atoms with Crippen LogP contribution in [0.15, 0.2) is 0 Å². The molecule has 0 aromatic carbocycles. The van der Waals surface area contributed by atoms with E-state index >= 15 is 0 Å². The highest BCUT2D eigenvalue weighted by molar-refractivity contribution is 4.95. The summed E-state index contributed by atoms with van der Waals surface area (Å²) in [5.41, 5.74) is 0. The third-order valence-corrected chi connectivity index (χ3v) is 3.79. The topological polar surface area (TPSA) is 15.3 Å². The van der Waals surface area contributed by atoms with E-state index in [9.17, 15) is 0 Å². The minimum atomic E-state index is 0.814. The molecule has 2 heterocycles. The fraction of sp³-hybridized carbons (Fsp3) is 1.00. The number of hydrogen-bond donors (Lipinski definition) is 1. The first-order valence-corrected chi connectivity index (χ1v) is 6.39. The lowest BCUT2D eigenvalue weighted by Crippen LogP contribution is -2.39. The van der Waals surface area contributed by atoms with E-state index in [2.05, 4.69) is 17.1 Å². The molecule has 2 aliphatic heterocycles. The van der Waals surface area contributed by atoms with Crippen LogP contribution < -0.4 is 5.32 Å². The van der Waals surface area contributed by atoms with Crippen LogP contribution in [0.1, 0.15) is 45.4 Å². The fourth-order valence-corrected chi connectivity index (χ4v) is 2.98. The van der Waals surface area contributed by atoms with Gasteiger partial charge in [-0.2, -0.15) is 0 Å². The van der Waals surface area contributed by atoms with Crippen LogP contribution in [0.25, 0.3) is 0 Å². The second kappa shape index (κ2) is 5.13. The standard InChI is InChI=1S/C12H24N2/c1-2-3-4-8-13-11-7-10-14-9-5-6-12(11)14/h11-13H,2-10H2,1H3. The Balaban J connectivity index is 1.66. The maximum atomic E-state index is 3.75. The van der Waals surface area contributed by atoms with Gasteiger partial charge < -0.3 is 5.32 Å². The molecule has 2 atom stereocenters. The molecule has 2 saturated heterocycles. The first kappa shape index (κ1) is 10.4. The number of fused-ring (bicyclic) bond motifs is 1. The van der Waals surface area contributed by atoms with Gasteiger partial charge in [-0.1, -0.05) is 19.8 Å². The smallest absolute Gasteiger partial charge is 0.0250 e. The average molecular weight is 196 g/mol. The van der Waals surface area contributed by atoms with Gasteiger partial charge in [0.1, 0.15) is 0 Å². The zero-order valence-electron chi connectivity index (χ0n) is 9.47. The minimum Gasteiger partial charge on any atom is -0.312 e. The lowest BCUT2D eigenvalue weighted by Gasteiger charge is -2.21. The molecule has 0 aliphatic carbocycles. The molecule has 2 nitrogen and oxygen atoms in total. The fourth-order valence-electron chi connectivity index (χ4n) is 2.98. The second-order valence-corrected chi connectivity index (χ2v) is 4.80. The number of nitrogens with one attached hydrogen (secondary N) is 1. The normalized spacial score (nSPS) is 32.4. The lowest BCUT2D eigenvalue weighted by molar-refractivity contribution is 0.298. The van der Waals surface area contributed by atoms with E-state index in [4.69, 9.17) is 0 Å². The maximum Gasteiger partial charge on any atom is 0.0250 e. The molecular formula is C12H24N2. The van der Waals surface area contributed by atoms with Gasteiger partial charge in [0.25, 0.3) is 0 Å². The summed E-state index contributed by atoms with van der Waals surface area (Å²) in [5, 5.41) is 3.75. The Hall–Kier alpha value is -0.0800. The van der Waals surface area contributed by atoms with Crippen molar-refractivity contribution in [2.75, 3.05) is 19.6 Å². The minimum absolute atomic E-state index is 0.814. The van der Waals surface area contributed by atoms with E-state index in [1.165, 1.54) is 58.2 Å². The first-order chi connectivity index (χ1) is 6.92. The van der Waals surface area contributed by atoms with E-state index in [-0.39, 0.29) is 0 Å². The summed E-state index contributed by atoms with van der Waals surface area (Å²) in [6.07, 6.45) is 8.33. The van der Waals surface area contributed by atoms with Gasteiger partial charge in [0, 0.05) is 18.6 Å². The summed E-state index contributed by atoms with van der Waals surface area (Å²) >= 11 is 0. The molecule has 2 fully saturated rings. The quantitative estimate of drug-likeness (QED) is 0.677. The highest BCUT2D eigenvalue weighted by Crippen LogP contribution is 2.27. The highest BCUT2D eigenvalue weighted by atomic mass is 15.2. The Labute approximate surface area is 88.1 Å². The average Bonchev–Trinajstić information content (AvgIpc) is 2.75. The van der Waals surface area contributed by atoms with Gasteiger partial charge in [0.15, 0.2) is 0 Å². The van der Waals surface area contributed by atoms with Crippen LogP contribution in [0, 0.1) is 0 Å². The van der Waals surface area contributed by atoms with Crippen molar-refractivity contribution in [2.24, 2.45) is 0 Å². The summed E-state index contributed by atoms with van der Waals surface area (Å²) in [6, 6.07) is 1.70. The molecule has 2 aliphatic rings. The second-order valence-electron chi connectivity index (χ2n) is 4.80. The van der Waals surface area contributed by atoms with E-state index < -0.39 is 0 Å². The zero-order valence-corrected chi connectivity index (χ0v) is 9.47. The van der Waals surface area contributed by atoms with E-state index in [1.54, 1.807) is 0 Å². The predicted molar refractivity (Wildman–Crippen MR) is 60.5 cm³/mol. The first-order valence-electron chi connectivity index (χ1n) is 6.39. The number of rotatable bonds is 5. The van der Waals surface area contributed by atoms with E-state index in [1.807, 2.05) is 0 Å². The van der Waals surface area contributed by atoms with Crippen molar-refractivity contribution in [3.05, 3.63) is 0 Å². The van der Waals surface area contributed by atoms with Crippen molar-refractivity contribution in [1.82, 2.24) is 10.2 Å². The van der Waals surface area contributed by atoms with Crippen LogP contribution in [0.5, 0.6) is 0 Å². The molecule has 0 saturated carbocycles. The Kier molecular flexibility index (Phi) is 3.82. The molecule has 0 amide bonds. The van der Waals surface area contributed by atoms with Crippen LogP contribution in [0.2, 0.25) is 0 Å². The summed E-state index contributed by atoms with van der Waals surface area (Å²) < 4.78 is 0. The SMILES string of the molecule is CCCCCNC1CCN2CCCC12. The summed E-state index contributed by atoms with van der Waals surface area (Å²) in [6.45, 7) is 6.21. The molecule has 0 radical (unpaired) electrons. The Bertz CT molecular complexity index is 170. The summed E-state index contributed by atoms with van der Waals surface area (Å²) in [5.74, 6) is 0. The van der Waals surface area contributed by atoms with Crippen molar-refractivity contribution in [2.45, 2.75) is 57.5 Å². The van der Waals surface area contributed by atoms with Crippen molar-refractivity contribution in [3.63, 3.8) is 0 Å². The molecular weight excluding hydrogens is 172 g/mol. The van der Waals surface area contributed by atoms with Gasteiger partial charge in [0.2, 0.25) is 0 Å². The van der Waals surface area contributed by atoms with Crippen molar-refractivity contribution in [3.8, 4) is 0 Å². The number of unbranched alkanes of at least 4 members (excludes halogenated alkanes) is 2. The monoisotopic (exact) mass is 196 g/mol. The van der Waals surface area contributed by atoms with Crippen LogP contribution in [-0.4, -0.2) is 36.6 Å². The third kappa shape index (κ3) is 2.29. The maximum absolute atomic E-state index is 3.75. The predicted octanol–water partition coefficient (Wildman–Crippen LogP) is 2.00. The summed E-state index contributed by atoms with van der Waals surface area (Å²) in [7, 11) is 0. The van der Waals surface area contributed by atoms with Crippen molar-refractivity contribution in [1.29, 1.82) is 0 Å². The Morgan fingerprint density at radius 1 is 1.21 bits per heavy atom. The molecule has 0 aromatic heterocycles. The van der Waals surface area contributed by atoms with Gasteiger partial charge in [-0.25, -0.2) is 0 Å². The molecule has 2 unspecified atom stereocenters. The Morgan fingerprint density at radius 3 is 3.00 bits per heavy atom. The highest BCUT2D eigenvalue weighted by Gasteiger charge is 2.36. The van der Waals surface area contributed by atoms with Gasteiger partial charge in [-0.15, -0.1) is 0 Å². The van der Waals surface area contributed by atoms with Crippen LogP contribution in [-0.2, 0) is 0 Å². The van der Waals surface area contributed by atoms with E-state index in [0.717, 1.165) is 12.1 Å². The van der Waals surface area contributed by atoms with E-state index in [0.29, 0.717) is 0 Å². The van der Waals surface area contributed by atoms with Crippen molar-refractivity contribution < 1.29 is 0 Å². The number of nitrogens with zero attached hydrogens (tertiary/aromatic N) is 1. The van der Waals surface area contributed by atoms with Gasteiger partial charge in [-0.05, 0) is 38.8 Å². The molecule has 14 heavy (non-hydrogen) atoms.